The molecule has 0 radical (unpaired) electrons. The summed E-state index contributed by atoms with van der Waals surface area (Å²) < 4.78 is 0. The molecule has 3 aromatic rings. The van der Waals surface area contributed by atoms with E-state index in [-0.39, 0.29) is 0 Å². The van der Waals surface area contributed by atoms with Gasteiger partial charge >= 0.3 is 0 Å². The molecule has 0 aliphatic carbocycles. The van der Waals surface area contributed by atoms with Crippen molar-refractivity contribution < 1.29 is 0 Å². The predicted octanol–water partition coefficient (Wildman–Crippen LogP) is 3.28. The third-order valence-corrected chi connectivity index (χ3v) is 2.75. The summed E-state index contributed by atoms with van der Waals surface area (Å²) in [5.41, 5.74) is 3.11. The van der Waals surface area contributed by atoms with Crippen molar-refractivity contribution in [1.29, 1.82) is 0 Å². The van der Waals surface area contributed by atoms with E-state index < -0.39 is 0 Å². The monoisotopic (exact) mass is 229 g/mol. The highest BCUT2D eigenvalue weighted by atomic mass is 35.5. The van der Waals surface area contributed by atoms with Crippen LogP contribution >= 0.6 is 11.6 Å². The lowest BCUT2D eigenvalue weighted by Crippen LogP contribution is -1.80. The lowest BCUT2D eigenvalue weighted by atomic mass is 10.1. The third-order valence-electron chi connectivity index (χ3n) is 2.52. The van der Waals surface area contributed by atoms with Crippen LogP contribution in [0.2, 0.25) is 5.02 Å². The van der Waals surface area contributed by atoms with E-state index in [1.807, 2.05) is 24.4 Å². The minimum absolute atomic E-state index is 0.727. The molecule has 0 unspecified atom stereocenters. The molecule has 3 rings (SSSR count). The highest BCUT2D eigenvalue weighted by molar-refractivity contribution is 6.31. The molecule has 0 bridgehead atoms. The zero-order valence-corrected chi connectivity index (χ0v) is 9.07. The molecule has 78 valence electrons. The average molecular weight is 230 g/mol. The van der Waals surface area contributed by atoms with Crippen LogP contribution in [0.25, 0.3) is 22.0 Å². The van der Waals surface area contributed by atoms with Gasteiger partial charge in [0.25, 0.3) is 0 Å². The summed E-state index contributed by atoms with van der Waals surface area (Å²) in [6.45, 7) is 0. The number of fused-ring (bicyclic) bond motifs is 1. The molecule has 0 aliphatic heterocycles. The van der Waals surface area contributed by atoms with Crippen LogP contribution in [0.1, 0.15) is 0 Å². The number of hydrogen-bond acceptors (Lipinski definition) is 2. The Labute approximate surface area is 97.1 Å². The van der Waals surface area contributed by atoms with Crippen molar-refractivity contribution in [2.45, 2.75) is 0 Å². The number of benzene rings is 1. The SMILES string of the molecule is Clc1ccc2[nH]cc(-c3cncnc3)c2c1. The maximum atomic E-state index is 5.99. The Hall–Kier alpha value is -1.87. The normalized spacial score (nSPS) is 10.8. The Kier molecular flexibility index (Phi) is 2.11. The summed E-state index contributed by atoms with van der Waals surface area (Å²) >= 11 is 5.99. The molecule has 1 N–H and O–H groups in total. The third kappa shape index (κ3) is 1.46. The van der Waals surface area contributed by atoms with Gasteiger partial charge < -0.3 is 4.98 Å². The van der Waals surface area contributed by atoms with Gasteiger partial charge in [-0.2, -0.15) is 0 Å². The van der Waals surface area contributed by atoms with Crippen molar-refractivity contribution in [1.82, 2.24) is 15.0 Å². The van der Waals surface area contributed by atoms with Gasteiger partial charge in [-0.15, -0.1) is 0 Å². The molecule has 0 atom stereocenters. The molecule has 0 aliphatic rings. The molecular weight excluding hydrogens is 222 g/mol. The largest absolute Gasteiger partial charge is 0.361 e. The van der Waals surface area contributed by atoms with Crippen LogP contribution in [-0.2, 0) is 0 Å². The standard InChI is InChI=1S/C12H8ClN3/c13-9-1-2-12-10(3-9)11(6-16-12)8-4-14-7-15-5-8/h1-7,16H. The van der Waals surface area contributed by atoms with Crippen molar-refractivity contribution in [2.24, 2.45) is 0 Å². The van der Waals surface area contributed by atoms with Crippen LogP contribution in [0.5, 0.6) is 0 Å². The number of aromatic nitrogens is 3. The molecule has 0 saturated heterocycles. The molecule has 0 spiro atoms. The summed E-state index contributed by atoms with van der Waals surface area (Å²) in [6.07, 6.45) is 7.04. The maximum absolute atomic E-state index is 5.99. The number of nitrogens with one attached hydrogen (secondary N) is 1. The fraction of sp³-hybridized carbons (Fsp3) is 0. The molecule has 2 aromatic heterocycles. The van der Waals surface area contributed by atoms with E-state index in [0.29, 0.717) is 0 Å². The minimum atomic E-state index is 0.727. The van der Waals surface area contributed by atoms with E-state index in [0.717, 1.165) is 27.1 Å². The van der Waals surface area contributed by atoms with Gasteiger partial charge in [0.2, 0.25) is 0 Å². The van der Waals surface area contributed by atoms with Crippen molar-refractivity contribution in [3.05, 3.63) is 48.1 Å². The van der Waals surface area contributed by atoms with Gasteiger partial charge in [0.05, 0.1) is 0 Å². The van der Waals surface area contributed by atoms with E-state index in [4.69, 9.17) is 11.6 Å². The number of H-pyrrole nitrogens is 1. The second kappa shape index (κ2) is 3.61. The van der Waals surface area contributed by atoms with Gasteiger partial charge in [0, 0.05) is 45.6 Å². The van der Waals surface area contributed by atoms with Crippen molar-refractivity contribution >= 4 is 22.5 Å². The first-order valence-corrected chi connectivity index (χ1v) is 5.24. The van der Waals surface area contributed by atoms with Gasteiger partial charge in [0.1, 0.15) is 6.33 Å². The Morgan fingerprint density at radius 2 is 1.94 bits per heavy atom. The maximum Gasteiger partial charge on any atom is 0.115 e. The molecule has 3 nitrogen and oxygen atoms in total. The smallest absolute Gasteiger partial charge is 0.115 e. The number of hydrogen-bond donors (Lipinski definition) is 1. The van der Waals surface area contributed by atoms with Crippen molar-refractivity contribution in [3.63, 3.8) is 0 Å². The second-order valence-electron chi connectivity index (χ2n) is 3.52. The number of rotatable bonds is 1. The van der Waals surface area contributed by atoms with E-state index >= 15 is 0 Å². The number of aromatic amines is 1. The zero-order valence-electron chi connectivity index (χ0n) is 8.31. The summed E-state index contributed by atoms with van der Waals surface area (Å²) in [6, 6.07) is 5.77. The Balaban J connectivity index is 2.29. The van der Waals surface area contributed by atoms with E-state index in [1.54, 1.807) is 12.4 Å². The molecule has 1 aromatic carbocycles. The molecule has 4 heteroatoms. The lowest BCUT2D eigenvalue weighted by Gasteiger charge is -1.98. The fourth-order valence-corrected chi connectivity index (χ4v) is 1.94. The Morgan fingerprint density at radius 1 is 1.12 bits per heavy atom. The van der Waals surface area contributed by atoms with Gasteiger partial charge in [-0.05, 0) is 18.2 Å². The topological polar surface area (TPSA) is 41.6 Å². The lowest BCUT2D eigenvalue weighted by molar-refractivity contribution is 1.17. The summed E-state index contributed by atoms with van der Waals surface area (Å²) in [5.74, 6) is 0. The molecule has 0 saturated carbocycles. The van der Waals surface area contributed by atoms with Crippen LogP contribution in [0, 0.1) is 0 Å². The summed E-state index contributed by atoms with van der Waals surface area (Å²) in [5, 5.41) is 1.81. The first kappa shape index (κ1) is 9.36. The highest BCUT2D eigenvalue weighted by Gasteiger charge is 2.06. The van der Waals surface area contributed by atoms with Crippen LogP contribution in [0.3, 0.4) is 0 Å². The van der Waals surface area contributed by atoms with Gasteiger partial charge in [0.15, 0.2) is 0 Å². The molecule has 16 heavy (non-hydrogen) atoms. The van der Waals surface area contributed by atoms with Crippen LogP contribution < -0.4 is 0 Å². The fourth-order valence-electron chi connectivity index (χ4n) is 1.77. The van der Waals surface area contributed by atoms with Crippen molar-refractivity contribution in [2.75, 3.05) is 0 Å². The molecule has 0 amide bonds. The highest BCUT2D eigenvalue weighted by Crippen LogP contribution is 2.29. The molecule has 2 heterocycles. The van der Waals surface area contributed by atoms with E-state index in [2.05, 4.69) is 15.0 Å². The van der Waals surface area contributed by atoms with Gasteiger partial charge in [-0.1, -0.05) is 11.6 Å². The van der Waals surface area contributed by atoms with Crippen molar-refractivity contribution in [3.8, 4) is 11.1 Å². The first-order valence-electron chi connectivity index (χ1n) is 4.86. The van der Waals surface area contributed by atoms with Gasteiger partial charge in [-0.3, -0.25) is 0 Å². The predicted molar refractivity (Wildman–Crippen MR) is 64.3 cm³/mol. The van der Waals surface area contributed by atoms with Gasteiger partial charge in [-0.25, -0.2) is 9.97 Å². The summed E-state index contributed by atoms with van der Waals surface area (Å²) in [7, 11) is 0. The average Bonchev–Trinajstić information content (AvgIpc) is 2.73. The quantitative estimate of drug-likeness (QED) is 0.696. The Morgan fingerprint density at radius 3 is 2.75 bits per heavy atom. The van der Waals surface area contributed by atoms with E-state index in [1.165, 1.54) is 6.33 Å². The Bertz CT molecular complexity index is 631. The van der Waals surface area contributed by atoms with E-state index in [9.17, 15) is 0 Å². The second-order valence-corrected chi connectivity index (χ2v) is 3.96. The van der Waals surface area contributed by atoms with Crippen LogP contribution in [-0.4, -0.2) is 15.0 Å². The number of halogens is 1. The molecule has 0 fully saturated rings. The number of nitrogens with zero attached hydrogens (tertiary/aromatic N) is 2. The zero-order chi connectivity index (χ0) is 11.0. The van der Waals surface area contributed by atoms with Crippen LogP contribution in [0.15, 0.2) is 43.1 Å². The minimum Gasteiger partial charge on any atom is -0.361 e. The first-order chi connectivity index (χ1) is 7.84. The summed E-state index contributed by atoms with van der Waals surface area (Å²) in [4.78, 5) is 11.2. The van der Waals surface area contributed by atoms with Crippen LogP contribution in [0.4, 0.5) is 0 Å². The molecular formula is C12H8ClN3.